The lowest BCUT2D eigenvalue weighted by atomic mass is 9.51. The van der Waals surface area contributed by atoms with E-state index in [-0.39, 0.29) is 17.3 Å². The minimum absolute atomic E-state index is 0.0559. The molecule has 2 N–H and O–H groups in total. The number of halogens is 1. The molecule has 4 nitrogen and oxygen atoms in total. The Morgan fingerprint density at radius 1 is 1.11 bits per heavy atom. The number of ether oxygens (including phenoxy) is 1. The predicted octanol–water partition coefficient (Wildman–Crippen LogP) is 6.77. The molecular weight excluding hydrogens is 470 g/mol. The molecule has 5 rings (SSSR count). The Kier molecular flexibility index (Phi) is 7.33. The monoisotopic (exact) mass is 511 g/mol. The van der Waals surface area contributed by atoms with Gasteiger partial charge in [-0.1, -0.05) is 43.6 Å². The zero-order valence-electron chi connectivity index (χ0n) is 22.2. The second-order valence-corrected chi connectivity index (χ2v) is 12.2. The number of aromatic hydroxyl groups is 1. The average molecular weight is 512 g/mol. The van der Waals surface area contributed by atoms with Crippen molar-refractivity contribution in [3.05, 3.63) is 58.1 Å². The Morgan fingerprint density at radius 2 is 1.86 bits per heavy atom. The first kappa shape index (κ1) is 25.9. The highest BCUT2D eigenvalue weighted by Gasteiger charge is 2.57. The van der Waals surface area contributed by atoms with E-state index in [0.717, 1.165) is 56.5 Å². The lowest BCUT2D eigenvalue weighted by molar-refractivity contribution is -0.0322. The van der Waals surface area contributed by atoms with Crippen molar-refractivity contribution in [3.63, 3.8) is 0 Å². The number of hydrogen-bond acceptors (Lipinski definition) is 4. The van der Waals surface area contributed by atoms with Crippen LogP contribution in [0.15, 0.2) is 36.4 Å². The first-order valence-corrected chi connectivity index (χ1v) is 14.3. The van der Waals surface area contributed by atoms with Crippen LogP contribution in [-0.4, -0.2) is 47.0 Å². The van der Waals surface area contributed by atoms with Gasteiger partial charge in [0.15, 0.2) is 0 Å². The van der Waals surface area contributed by atoms with E-state index in [1.807, 2.05) is 0 Å². The third-order valence-electron chi connectivity index (χ3n) is 9.87. The quantitative estimate of drug-likeness (QED) is 0.431. The molecule has 36 heavy (non-hydrogen) atoms. The molecule has 2 saturated carbocycles. The first-order chi connectivity index (χ1) is 17.2. The van der Waals surface area contributed by atoms with Crippen molar-refractivity contribution in [2.24, 2.45) is 17.3 Å². The minimum Gasteiger partial charge on any atom is -0.506 e. The largest absolute Gasteiger partial charge is 0.506 e. The van der Waals surface area contributed by atoms with Gasteiger partial charge in [0.05, 0.1) is 11.1 Å². The highest BCUT2D eigenvalue weighted by Crippen LogP contribution is 2.65. The minimum atomic E-state index is -0.235. The zero-order valence-corrected chi connectivity index (χ0v) is 23.0. The number of fused-ring (bicyclic) bond motifs is 5. The molecule has 0 aromatic heterocycles. The molecule has 0 radical (unpaired) electrons. The van der Waals surface area contributed by atoms with Gasteiger partial charge in [-0.2, -0.15) is 0 Å². The van der Waals surface area contributed by atoms with Crippen LogP contribution in [0.4, 0.5) is 0 Å². The van der Waals surface area contributed by atoms with Gasteiger partial charge in [0.25, 0.3) is 0 Å². The second-order valence-electron chi connectivity index (χ2n) is 11.9. The van der Waals surface area contributed by atoms with E-state index in [9.17, 15) is 10.2 Å². The second kappa shape index (κ2) is 10.2. The Morgan fingerprint density at radius 3 is 2.56 bits per heavy atom. The fourth-order valence-corrected chi connectivity index (χ4v) is 8.18. The van der Waals surface area contributed by atoms with E-state index in [0.29, 0.717) is 41.3 Å². The van der Waals surface area contributed by atoms with Crippen molar-refractivity contribution in [3.8, 4) is 11.5 Å². The number of aliphatic hydroxyl groups excluding tert-OH is 1. The summed E-state index contributed by atoms with van der Waals surface area (Å²) in [6.45, 7) is 11.6. The SMILES string of the molecule is CCN(CCOc1ccc([C@H]2C[C@]3(C)[C@@H](O)CC[C@H]3[C@@H]3CCc4c(ccc(O)c4Cl)[C@H]32)cc1)C(C)C. The first-order valence-electron chi connectivity index (χ1n) is 13.9. The number of aliphatic hydroxyl groups is 1. The van der Waals surface area contributed by atoms with Crippen LogP contribution in [0.25, 0.3) is 0 Å². The van der Waals surface area contributed by atoms with E-state index >= 15 is 0 Å². The third kappa shape index (κ3) is 4.44. The maximum Gasteiger partial charge on any atom is 0.134 e. The van der Waals surface area contributed by atoms with Crippen LogP contribution in [0, 0.1) is 17.3 Å². The molecule has 5 heteroatoms. The summed E-state index contributed by atoms with van der Waals surface area (Å²) < 4.78 is 6.10. The van der Waals surface area contributed by atoms with E-state index in [1.54, 1.807) is 6.07 Å². The standard InChI is InChI=1S/C31H42ClNO3/c1-5-33(19(2)3)16-17-36-21-8-6-20(7-9-21)25-18-31(4)26(13-15-28(31)35)24-11-10-23-22(29(24)25)12-14-27(34)30(23)32/h6-9,12,14,19,24-26,28-29,34-35H,5,10-11,13,15-18H2,1-4H3/t24-,25+,26-,28-,29+,31-/m0/s1. The summed E-state index contributed by atoms with van der Waals surface area (Å²) in [5.41, 5.74) is 3.68. The molecule has 2 aromatic rings. The normalized spacial score (nSPS) is 31.3. The molecule has 0 aliphatic heterocycles. The molecule has 3 aliphatic rings. The van der Waals surface area contributed by atoms with Crippen LogP contribution in [0.5, 0.6) is 11.5 Å². The summed E-state index contributed by atoms with van der Waals surface area (Å²) in [6.07, 6.45) is 4.70. The molecule has 0 amide bonds. The maximum absolute atomic E-state index is 11.1. The van der Waals surface area contributed by atoms with Gasteiger partial charge < -0.3 is 14.9 Å². The molecule has 0 bridgehead atoms. The van der Waals surface area contributed by atoms with Crippen LogP contribution in [0.1, 0.15) is 81.9 Å². The molecule has 0 heterocycles. The number of hydrogen-bond donors (Lipinski definition) is 2. The van der Waals surface area contributed by atoms with Gasteiger partial charge in [0, 0.05) is 12.6 Å². The van der Waals surface area contributed by atoms with Gasteiger partial charge in [-0.25, -0.2) is 0 Å². The molecule has 2 fully saturated rings. The summed E-state index contributed by atoms with van der Waals surface area (Å²) in [5, 5.41) is 21.9. The molecule has 0 spiro atoms. The Bertz CT molecular complexity index is 1070. The van der Waals surface area contributed by atoms with Crippen LogP contribution in [0.3, 0.4) is 0 Å². The molecule has 0 unspecified atom stereocenters. The molecule has 2 aromatic carbocycles. The van der Waals surface area contributed by atoms with Gasteiger partial charge in [-0.05, 0) is 116 Å². The van der Waals surface area contributed by atoms with Gasteiger partial charge in [0.2, 0.25) is 0 Å². The van der Waals surface area contributed by atoms with Crippen molar-refractivity contribution in [2.45, 2.75) is 83.8 Å². The summed E-state index contributed by atoms with van der Waals surface area (Å²) in [7, 11) is 0. The highest BCUT2D eigenvalue weighted by molar-refractivity contribution is 6.32. The van der Waals surface area contributed by atoms with E-state index in [4.69, 9.17) is 16.3 Å². The number of benzene rings is 2. The maximum atomic E-state index is 11.1. The van der Waals surface area contributed by atoms with E-state index in [1.165, 1.54) is 11.1 Å². The average Bonchev–Trinajstić information content (AvgIpc) is 3.17. The molecule has 3 aliphatic carbocycles. The lowest BCUT2D eigenvalue weighted by Crippen LogP contribution is -2.47. The Balaban J connectivity index is 1.43. The summed E-state index contributed by atoms with van der Waals surface area (Å²) >= 11 is 6.61. The molecule has 6 atom stereocenters. The molecular formula is C31H42ClNO3. The number of nitrogens with zero attached hydrogens (tertiary/aromatic N) is 1. The molecule has 0 saturated heterocycles. The van der Waals surface area contributed by atoms with Gasteiger partial charge in [-0.3, -0.25) is 4.90 Å². The fraction of sp³-hybridized carbons (Fsp3) is 0.613. The number of likely N-dealkylation sites (N-methyl/N-ethyl adjacent to an activating group) is 1. The van der Waals surface area contributed by atoms with Crippen molar-refractivity contribution < 1.29 is 14.9 Å². The van der Waals surface area contributed by atoms with Crippen molar-refractivity contribution in [2.75, 3.05) is 19.7 Å². The summed E-state index contributed by atoms with van der Waals surface area (Å²) in [4.78, 5) is 2.41. The van der Waals surface area contributed by atoms with Gasteiger partial charge in [-0.15, -0.1) is 0 Å². The van der Waals surface area contributed by atoms with E-state index < -0.39 is 0 Å². The predicted molar refractivity (Wildman–Crippen MR) is 146 cm³/mol. The van der Waals surface area contributed by atoms with Crippen LogP contribution < -0.4 is 4.74 Å². The zero-order chi connectivity index (χ0) is 25.6. The van der Waals surface area contributed by atoms with Crippen LogP contribution in [0.2, 0.25) is 5.02 Å². The summed E-state index contributed by atoms with van der Waals surface area (Å²) in [5.74, 6) is 2.79. The molecule has 196 valence electrons. The van der Waals surface area contributed by atoms with E-state index in [2.05, 4.69) is 62.9 Å². The smallest absolute Gasteiger partial charge is 0.134 e. The Hall–Kier alpha value is -1.75. The lowest BCUT2D eigenvalue weighted by Gasteiger charge is -2.54. The van der Waals surface area contributed by atoms with Crippen molar-refractivity contribution in [1.82, 2.24) is 4.90 Å². The number of rotatable bonds is 7. The highest BCUT2D eigenvalue weighted by atomic mass is 35.5. The van der Waals surface area contributed by atoms with Gasteiger partial charge in [0.1, 0.15) is 18.1 Å². The van der Waals surface area contributed by atoms with Crippen LogP contribution in [-0.2, 0) is 6.42 Å². The Labute approximate surface area is 221 Å². The van der Waals surface area contributed by atoms with Crippen LogP contribution >= 0.6 is 11.6 Å². The topological polar surface area (TPSA) is 52.9 Å². The van der Waals surface area contributed by atoms with Gasteiger partial charge >= 0.3 is 0 Å². The number of phenols is 1. The van der Waals surface area contributed by atoms with Crippen molar-refractivity contribution >= 4 is 11.6 Å². The third-order valence-corrected chi connectivity index (χ3v) is 10.3. The fourth-order valence-electron chi connectivity index (χ4n) is 7.91. The number of phenolic OH excluding ortho intramolecular Hbond substituents is 1. The van der Waals surface area contributed by atoms with Crippen molar-refractivity contribution in [1.29, 1.82) is 0 Å². The summed E-state index contributed by atoms with van der Waals surface area (Å²) in [6, 6.07) is 13.1.